The van der Waals surface area contributed by atoms with Gasteiger partial charge in [0.05, 0.1) is 11.5 Å². The van der Waals surface area contributed by atoms with Crippen LogP contribution >= 0.6 is 10.7 Å². The van der Waals surface area contributed by atoms with Crippen LogP contribution in [0.3, 0.4) is 0 Å². The van der Waals surface area contributed by atoms with Crippen LogP contribution in [0.4, 0.5) is 0 Å². The van der Waals surface area contributed by atoms with Crippen LogP contribution < -0.4 is 4.74 Å². The SMILES string of the molecule is CCC(C)c1cc(S(=O)(=O)Cl)ccc1OCC(C)C. The number of ether oxygens (including phenoxy) is 1. The van der Waals surface area contributed by atoms with Gasteiger partial charge < -0.3 is 4.74 Å². The van der Waals surface area contributed by atoms with E-state index < -0.39 is 9.05 Å². The van der Waals surface area contributed by atoms with E-state index in [1.54, 1.807) is 12.1 Å². The predicted octanol–water partition coefficient (Wildman–Crippen LogP) is 4.16. The fourth-order valence-electron chi connectivity index (χ4n) is 1.67. The Balaban J connectivity index is 3.17. The van der Waals surface area contributed by atoms with Gasteiger partial charge in [0.25, 0.3) is 9.05 Å². The molecular formula is C14H21ClO3S. The Morgan fingerprint density at radius 2 is 1.89 bits per heavy atom. The monoisotopic (exact) mass is 304 g/mol. The van der Waals surface area contributed by atoms with Crippen molar-refractivity contribution in [1.29, 1.82) is 0 Å². The van der Waals surface area contributed by atoms with Gasteiger partial charge in [-0.2, -0.15) is 0 Å². The molecule has 0 N–H and O–H groups in total. The van der Waals surface area contributed by atoms with Crippen LogP contribution in [0.25, 0.3) is 0 Å². The van der Waals surface area contributed by atoms with Crippen molar-refractivity contribution in [3.8, 4) is 5.75 Å². The van der Waals surface area contributed by atoms with Gasteiger partial charge in [0.15, 0.2) is 0 Å². The summed E-state index contributed by atoms with van der Waals surface area (Å²) in [6.45, 7) is 8.85. The van der Waals surface area contributed by atoms with Crippen molar-refractivity contribution in [2.24, 2.45) is 5.92 Å². The van der Waals surface area contributed by atoms with E-state index in [-0.39, 0.29) is 10.8 Å². The Labute approximate surface area is 120 Å². The minimum Gasteiger partial charge on any atom is -0.493 e. The zero-order valence-corrected chi connectivity index (χ0v) is 13.4. The van der Waals surface area contributed by atoms with Gasteiger partial charge >= 0.3 is 0 Å². The molecule has 0 saturated carbocycles. The Morgan fingerprint density at radius 1 is 1.26 bits per heavy atom. The van der Waals surface area contributed by atoms with Crippen LogP contribution in [0.2, 0.25) is 0 Å². The van der Waals surface area contributed by atoms with Gasteiger partial charge in [0, 0.05) is 10.7 Å². The third kappa shape index (κ3) is 4.69. The maximum atomic E-state index is 11.4. The third-order valence-corrected chi connectivity index (χ3v) is 4.33. The highest BCUT2D eigenvalue weighted by Crippen LogP contribution is 2.32. The summed E-state index contributed by atoms with van der Waals surface area (Å²) in [7, 11) is 1.69. The maximum Gasteiger partial charge on any atom is 0.261 e. The smallest absolute Gasteiger partial charge is 0.261 e. The molecule has 5 heteroatoms. The van der Waals surface area contributed by atoms with Crippen LogP contribution in [0.1, 0.15) is 45.6 Å². The first-order valence-electron chi connectivity index (χ1n) is 6.47. The summed E-state index contributed by atoms with van der Waals surface area (Å²) in [6, 6.07) is 4.80. The molecule has 0 spiro atoms. The molecule has 0 aliphatic carbocycles. The predicted molar refractivity (Wildman–Crippen MR) is 78.5 cm³/mol. The molecule has 1 aromatic rings. The second kappa shape index (κ2) is 6.62. The highest BCUT2D eigenvalue weighted by Gasteiger charge is 2.17. The first kappa shape index (κ1) is 16.3. The molecule has 0 aromatic heterocycles. The fourth-order valence-corrected chi connectivity index (χ4v) is 2.46. The van der Waals surface area contributed by atoms with Gasteiger partial charge in [-0.15, -0.1) is 0 Å². The molecule has 1 unspecified atom stereocenters. The molecule has 1 atom stereocenters. The van der Waals surface area contributed by atoms with E-state index in [1.807, 2.05) is 6.92 Å². The Kier molecular flexibility index (Phi) is 5.68. The first-order valence-corrected chi connectivity index (χ1v) is 8.78. The quantitative estimate of drug-likeness (QED) is 0.741. The van der Waals surface area contributed by atoms with Gasteiger partial charge in [-0.3, -0.25) is 0 Å². The number of rotatable bonds is 6. The summed E-state index contributed by atoms with van der Waals surface area (Å²) in [5.41, 5.74) is 0.893. The molecule has 1 aromatic carbocycles. The van der Waals surface area contributed by atoms with Crippen molar-refractivity contribution in [1.82, 2.24) is 0 Å². The van der Waals surface area contributed by atoms with Crippen molar-refractivity contribution >= 4 is 19.7 Å². The minimum atomic E-state index is -3.70. The van der Waals surface area contributed by atoms with Gasteiger partial charge in [0.1, 0.15) is 5.75 Å². The van der Waals surface area contributed by atoms with Crippen LogP contribution in [-0.2, 0) is 9.05 Å². The Morgan fingerprint density at radius 3 is 2.37 bits per heavy atom. The van der Waals surface area contributed by atoms with Crippen molar-refractivity contribution in [2.45, 2.75) is 44.9 Å². The second-order valence-electron chi connectivity index (χ2n) is 5.15. The molecule has 0 saturated heterocycles. The van der Waals surface area contributed by atoms with Crippen molar-refractivity contribution in [3.05, 3.63) is 23.8 Å². The number of benzene rings is 1. The summed E-state index contributed by atoms with van der Waals surface area (Å²) in [5.74, 6) is 1.38. The van der Waals surface area contributed by atoms with E-state index >= 15 is 0 Å². The molecule has 1 rings (SSSR count). The molecule has 0 bridgehead atoms. The molecule has 108 valence electrons. The Bertz CT molecular complexity index is 523. The number of hydrogen-bond acceptors (Lipinski definition) is 3. The van der Waals surface area contributed by atoms with E-state index in [0.29, 0.717) is 12.5 Å². The molecule has 0 radical (unpaired) electrons. The summed E-state index contributed by atoms with van der Waals surface area (Å²) in [4.78, 5) is 0.126. The number of halogens is 1. The van der Waals surface area contributed by atoms with Crippen molar-refractivity contribution in [2.75, 3.05) is 6.61 Å². The lowest BCUT2D eigenvalue weighted by molar-refractivity contribution is 0.267. The molecular weight excluding hydrogens is 284 g/mol. The molecule has 0 aliphatic rings. The third-order valence-electron chi connectivity index (χ3n) is 2.98. The van der Waals surface area contributed by atoms with Crippen molar-refractivity contribution < 1.29 is 13.2 Å². The molecule has 0 fully saturated rings. The zero-order chi connectivity index (χ0) is 14.6. The molecule has 0 aliphatic heterocycles. The topological polar surface area (TPSA) is 43.4 Å². The Hall–Kier alpha value is -0.740. The molecule has 19 heavy (non-hydrogen) atoms. The lowest BCUT2D eigenvalue weighted by Crippen LogP contribution is -2.08. The summed E-state index contributed by atoms with van der Waals surface area (Å²) >= 11 is 0. The van der Waals surface area contributed by atoms with Crippen LogP contribution in [0, 0.1) is 5.92 Å². The van der Waals surface area contributed by atoms with Gasteiger partial charge in [-0.25, -0.2) is 8.42 Å². The zero-order valence-electron chi connectivity index (χ0n) is 11.8. The van der Waals surface area contributed by atoms with E-state index in [4.69, 9.17) is 15.4 Å². The van der Waals surface area contributed by atoms with E-state index in [1.165, 1.54) is 6.07 Å². The lowest BCUT2D eigenvalue weighted by atomic mass is 9.98. The minimum absolute atomic E-state index is 0.126. The average molecular weight is 305 g/mol. The average Bonchev–Trinajstić information content (AvgIpc) is 2.34. The highest BCUT2D eigenvalue weighted by atomic mass is 35.7. The largest absolute Gasteiger partial charge is 0.493 e. The van der Waals surface area contributed by atoms with Gasteiger partial charge in [0.2, 0.25) is 0 Å². The highest BCUT2D eigenvalue weighted by molar-refractivity contribution is 8.13. The summed E-state index contributed by atoms with van der Waals surface area (Å²) < 4.78 is 28.5. The maximum absolute atomic E-state index is 11.4. The molecule has 0 amide bonds. The summed E-state index contributed by atoms with van der Waals surface area (Å²) in [6.07, 6.45) is 0.907. The van der Waals surface area contributed by atoms with Gasteiger partial charge in [-0.1, -0.05) is 27.7 Å². The van der Waals surface area contributed by atoms with E-state index in [2.05, 4.69) is 20.8 Å². The number of hydrogen-bond donors (Lipinski definition) is 0. The van der Waals surface area contributed by atoms with Crippen LogP contribution in [0.15, 0.2) is 23.1 Å². The standard InChI is InChI=1S/C14H21ClO3S/c1-5-11(4)13-8-12(19(15,16)17)6-7-14(13)18-9-10(2)3/h6-8,10-11H,5,9H2,1-4H3. The van der Waals surface area contributed by atoms with E-state index in [0.717, 1.165) is 17.7 Å². The van der Waals surface area contributed by atoms with E-state index in [9.17, 15) is 8.42 Å². The van der Waals surface area contributed by atoms with Crippen LogP contribution in [0.5, 0.6) is 5.75 Å². The lowest BCUT2D eigenvalue weighted by Gasteiger charge is -2.17. The molecule has 3 nitrogen and oxygen atoms in total. The normalized spacial score (nSPS) is 13.6. The summed E-state index contributed by atoms with van der Waals surface area (Å²) in [5, 5.41) is 0. The molecule has 0 heterocycles. The van der Waals surface area contributed by atoms with Crippen molar-refractivity contribution in [3.63, 3.8) is 0 Å². The second-order valence-corrected chi connectivity index (χ2v) is 7.72. The van der Waals surface area contributed by atoms with Gasteiger partial charge in [-0.05, 0) is 42.0 Å². The van der Waals surface area contributed by atoms with Crippen LogP contribution in [-0.4, -0.2) is 15.0 Å². The first-order chi connectivity index (χ1) is 8.75. The fraction of sp³-hybridized carbons (Fsp3) is 0.571.